The average Bonchev–Trinajstić information content (AvgIpc) is 3.33. The Hall–Kier alpha value is -3.98. The quantitative estimate of drug-likeness (QED) is 0.467. The molecule has 1 amide bonds. The van der Waals surface area contributed by atoms with Gasteiger partial charge in [-0.2, -0.15) is 5.10 Å². The number of sulfone groups is 1. The molecule has 4 rings (SSSR count). The molecule has 0 aliphatic carbocycles. The topological polar surface area (TPSA) is 102 Å². The minimum absolute atomic E-state index is 0.00510. The highest BCUT2D eigenvalue weighted by Gasteiger charge is 2.33. The lowest BCUT2D eigenvalue weighted by Gasteiger charge is -2.22. The number of carbonyl (C=O) groups excluding carboxylic acids is 2. The Labute approximate surface area is 203 Å². The van der Waals surface area contributed by atoms with E-state index in [-0.39, 0.29) is 16.5 Å². The Balaban J connectivity index is 1.54. The van der Waals surface area contributed by atoms with Gasteiger partial charge in [-0.05, 0) is 41.5 Å². The Morgan fingerprint density at radius 1 is 1.00 bits per heavy atom. The van der Waals surface area contributed by atoms with Crippen molar-refractivity contribution in [3.05, 3.63) is 95.6 Å². The maximum atomic E-state index is 13.1. The number of amides is 1. The van der Waals surface area contributed by atoms with Crippen molar-refractivity contribution in [3.8, 4) is 5.75 Å². The van der Waals surface area contributed by atoms with Gasteiger partial charge in [0.15, 0.2) is 16.4 Å². The van der Waals surface area contributed by atoms with Crippen LogP contribution in [0.5, 0.6) is 5.75 Å². The third kappa shape index (κ3) is 5.58. The summed E-state index contributed by atoms with van der Waals surface area (Å²) >= 11 is 0. The van der Waals surface area contributed by atoms with E-state index in [9.17, 15) is 18.0 Å². The molecule has 1 heterocycles. The van der Waals surface area contributed by atoms with Crippen molar-refractivity contribution in [1.82, 2.24) is 5.01 Å². The smallest absolute Gasteiger partial charge is 0.338 e. The second-order valence-corrected chi connectivity index (χ2v) is 10.0. The monoisotopic (exact) mass is 492 g/mol. The van der Waals surface area contributed by atoms with Crippen molar-refractivity contribution in [2.24, 2.45) is 5.10 Å². The molecule has 35 heavy (non-hydrogen) atoms. The van der Waals surface area contributed by atoms with Gasteiger partial charge in [0.2, 0.25) is 0 Å². The van der Waals surface area contributed by atoms with E-state index < -0.39 is 28.3 Å². The first-order chi connectivity index (χ1) is 16.8. The summed E-state index contributed by atoms with van der Waals surface area (Å²) in [7, 11) is -1.91. The van der Waals surface area contributed by atoms with Gasteiger partial charge in [0.1, 0.15) is 5.75 Å². The van der Waals surface area contributed by atoms with E-state index in [1.54, 1.807) is 7.11 Å². The van der Waals surface area contributed by atoms with Crippen LogP contribution in [-0.4, -0.2) is 51.0 Å². The number of benzene rings is 3. The van der Waals surface area contributed by atoms with Gasteiger partial charge in [0.05, 0.1) is 29.3 Å². The lowest BCUT2D eigenvalue weighted by molar-refractivity contribution is -0.136. The molecule has 3 aromatic carbocycles. The van der Waals surface area contributed by atoms with Gasteiger partial charge in [-0.3, -0.25) is 4.79 Å². The van der Waals surface area contributed by atoms with E-state index in [4.69, 9.17) is 9.47 Å². The zero-order valence-electron chi connectivity index (χ0n) is 19.2. The van der Waals surface area contributed by atoms with Gasteiger partial charge in [0, 0.05) is 12.7 Å². The molecule has 0 N–H and O–H groups in total. The average molecular weight is 493 g/mol. The highest BCUT2D eigenvalue weighted by atomic mass is 32.2. The normalized spacial score (nSPS) is 15.4. The summed E-state index contributed by atoms with van der Waals surface area (Å²) in [5.74, 6) is -0.597. The molecule has 0 fully saturated rings. The number of nitrogens with zero attached hydrogens (tertiary/aromatic N) is 2. The van der Waals surface area contributed by atoms with E-state index in [0.29, 0.717) is 12.2 Å². The minimum atomic E-state index is -3.49. The van der Waals surface area contributed by atoms with Crippen molar-refractivity contribution in [2.45, 2.75) is 17.4 Å². The molecule has 180 valence electrons. The van der Waals surface area contributed by atoms with E-state index in [1.165, 1.54) is 29.3 Å². The van der Waals surface area contributed by atoms with Crippen LogP contribution >= 0.6 is 0 Å². The number of hydrogen-bond acceptors (Lipinski definition) is 7. The molecule has 1 atom stereocenters. The molecule has 8 nitrogen and oxygen atoms in total. The number of carbonyl (C=O) groups is 2. The number of hydrogen-bond donors (Lipinski definition) is 0. The van der Waals surface area contributed by atoms with Crippen LogP contribution in [0.3, 0.4) is 0 Å². The summed E-state index contributed by atoms with van der Waals surface area (Å²) in [6, 6.07) is 22.0. The Kier molecular flexibility index (Phi) is 6.97. The molecule has 0 saturated carbocycles. The molecule has 0 bridgehead atoms. The van der Waals surface area contributed by atoms with Crippen LogP contribution in [0.4, 0.5) is 0 Å². The molecule has 1 aliphatic rings. The predicted molar refractivity (Wildman–Crippen MR) is 130 cm³/mol. The van der Waals surface area contributed by atoms with Crippen LogP contribution < -0.4 is 4.74 Å². The van der Waals surface area contributed by atoms with Gasteiger partial charge in [-0.1, -0.05) is 48.5 Å². The van der Waals surface area contributed by atoms with E-state index in [1.807, 2.05) is 54.6 Å². The fourth-order valence-electron chi connectivity index (χ4n) is 3.76. The zero-order chi connectivity index (χ0) is 25.0. The fraction of sp³-hybridized carbons (Fsp3) is 0.192. The fourth-order valence-corrected chi connectivity index (χ4v) is 4.43. The van der Waals surface area contributed by atoms with Gasteiger partial charge >= 0.3 is 5.97 Å². The van der Waals surface area contributed by atoms with Crippen LogP contribution in [0.25, 0.3) is 0 Å². The zero-order valence-corrected chi connectivity index (χ0v) is 20.1. The van der Waals surface area contributed by atoms with Gasteiger partial charge < -0.3 is 9.47 Å². The summed E-state index contributed by atoms with van der Waals surface area (Å²) in [5.41, 5.74) is 2.55. The lowest BCUT2D eigenvalue weighted by Crippen LogP contribution is -2.31. The van der Waals surface area contributed by atoms with Gasteiger partial charge in [-0.25, -0.2) is 18.2 Å². The Bertz CT molecular complexity index is 1370. The van der Waals surface area contributed by atoms with Crippen LogP contribution in [0.1, 0.15) is 33.9 Å². The maximum Gasteiger partial charge on any atom is 0.338 e. The number of rotatable bonds is 7. The van der Waals surface area contributed by atoms with Crippen molar-refractivity contribution in [2.75, 3.05) is 20.0 Å². The largest absolute Gasteiger partial charge is 0.497 e. The first kappa shape index (κ1) is 24.2. The molecule has 9 heteroatoms. The Morgan fingerprint density at radius 3 is 2.37 bits per heavy atom. The number of methoxy groups -OCH3 is 1. The summed E-state index contributed by atoms with van der Waals surface area (Å²) in [4.78, 5) is 25.6. The second-order valence-electron chi connectivity index (χ2n) is 8.02. The summed E-state index contributed by atoms with van der Waals surface area (Å²) in [6.07, 6.45) is 1.54. The molecule has 0 saturated heterocycles. The van der Waals surface area contributed by atoms with Crippen molar-refractivity contribution in [1.29, 1.82) is 0 Å². The summed E-state index contributed by atoms with van der Waals surface area (Å²) in [6.45, 7) is -0.542. The number of esters is 1. The molecule has 0 spiro atoms. The lowest BCUT2D eigenvalue weighted by atomic mass is 9.98. The van der Waals surface area contributed by atoms with Crippen molar-refractivity contribution >= 4 is 27.4 Å². The molecule has 0 radical (unpaired) electrons. The highest BCUT2D eigenvalue weighted by molar-refractivity contribution is 7.90. The van der Waals surface area contributed by atoms with Crippen molar-refractivity contribution < 1.29 is 27.5 Å². The maximum absolute atomic E-state index is 13.1. The highest BCUT2D eigenvalue weighted by Crippen LogP contribution is 2.33. The van der Waals surface area contributed by atoms with Crippen LogP contribution in [0.15, 0.2) is 88.9 Å². The van der Waals surface area contributed by atoms with Gasteiger partial charge in [0.25, 0.3) is 5.91 Å². The Morgan fingerprint density at radius 2 is 1.71 bits per heavy atom. The molecule has 1 aliphatic heterocycles. The third-order valence-electron chi connectivity index (χ3n) is 5.60. The van der Waals surface area contributed by atoms with Crippen LogP contribution in [0.2, 0.25) is 0 Å². The standard InChI is InChI=1S/C26H24N2O6S/c1-33-21-13-11-19(12-14-21)24-16-23(18-7-4-3-5-8-18)27-28(24)25(29)17-34-26(30)20-9-6-10-22(15-20)35(2,31)32/h3-15,24H,16-17H2,1-2H3. The van der Waals surface area contributed by atoms with Crippen LogP contribution in [0, 0.1) is 0 Å². The summed E-state index contributed by atoms with van der Waals surface area (Å²) < 4.78 is 34.0. The number of ether oxygens (including phenoxy) is 2. The van der Waals surface area contributed by atoms with Crippen molar-refractivity contribution in [3.63, 3.8) is 0 Å². The molecule has 3 aromatic rings. The molecular weight excluding hydrogens is 468 g/mol. The first-order valence-electron chi connectivity index (χ1n) is 10.8. The summed E-state index contributed by atoms with van der Waals surface area (Å²) in [5, 5.41) is 5.89. The number of hydrazone groups is 1. The minimum Gasteiger partial charge on any atom is -0.497 e. The van der Waals surface area contributed by atoms with E-state index >= 15 is 0 Å². The van der Waals surface area contributed by atoms with E-state index in [0.717, 1.165) is 23.1 Å². The van der Waals surface area contributed by atoms with Gasteiger partial charge in [-0.15, -0.1) is 0 Å². The molecule has 1 unspecified atom stereocenters. The molecular formula is C26H24N2O6S. The second kappa shape index (κ2) is 10.1. The van der Waals surface area contributed by atoms with E-state index in [2.05, 4.69) is 5.10 Å². The third-order valence-corrected chi connectivity index (χ3v) is 6.71. The molecule has 0 aromatic heterocycles. The SMILES string of the molecule is COc1ccc(C2CC(c3ccccc3)=NN2C(=O)COC(=O)c2cccc(S(C)(=O)=O)c2)cc1. The van der Waals surface area contributed by atoms with Crippen LogP contribution in [-0.2, 0) is 19.4 Å². The predicted octanol–water partition coefficient (Wildman–Crippen LogP) is 3.63. The first-order valence-corrected chi connectivity index (χ1v) is 12.7.